The van der Waals surface area contributed by atoms with E-state index in [2.05, 4.69) is 290 Å². The molecule has 4 atom stereocenters. The molecule has 0 N–H and O–H groups in total. The molecule has 0 spiro atoms. The van der Waals surface area contributed by atoms with Crippen molar-refractivity contribution in [3.05, 3.63) is 424 Å². The second kappa shape index (κ2) is 40.8. The van der Waals surface area contributed by atoms with Crippen molar-refractivity contribution in [2.75, 3.05) is 39.2 Å². The van der Waals surface area contributed by atoms with Crippen molar-refractivity contribution in [2.45, 2.75) is 153 Å². The summed E-state index contributed by atoms with van der Waals surface area (Å²) in [5.74, 6) is 9.97. The van der Waals surface area contributed by atoms with Gasteiger partial charge >= 0.3 is 0 Å². The van der Waals surface area contributed by atoms with E-state index >= 15 is 0 Å². The number of hydrogen-bond acceptors (Lipinski definition) is 18. The fraction of sp³-hybridized carbons (Fsp3) is 0.228. The van der Waals surface area contributed by atoms with Gasteiger partial charge in [-0.2, -0.15) is 121 Å². The van der Waals surface area contributed by atoms with E-state index in [1.165, 1.54) is 62.5 Å². The summed E-state index contributed by atoms with van der Waals surface area (Å²) in [7, 11) is 0. The average molecular weight is 2500 g/mol. The normalized spacial score (nSPS) is 18.5. The molecule has 0 amide bonds. The first-order valence-corrected chi connectivity index (χ1v) is 46.1. The molecule has 24 rings (SSSR count). The summed E-state index contributed by atoms with van der Waals surface area (Å²) in [4.78, 5) is 57.3. The van der Waals surface area contributed by atoms with Crippen molar-refractivity contribution < 1.29 is 89.9 Å². The van der Waals surface area contributed by atoms with Crippen LogP contribution in [0.3, 0.4) is 0 Å². The minimum absolute atomic E-state index is 0. The summed E-state index contributed by atoms with van der Waals surface area (Å²) < 4.78 is 13.0. The quantitative estimate of drug-likeness (QED) is 0.0950. The van der Waals surface area contributed by atoms with Crippen molar-refractivity contribution in [1.29, 1.82) is 0 Å². The van der Waals surface area contributed by atoms with Crippen molar-refractivity contribution >= 4 is 92.0 Å². The van der Waals surface area contributed by atoms with Gasteiger partial charge in [0.2, 0.25) is 0 Å². The van der Waals surface area contributed by atoms with Crippen molar-refractivity contribution in [3.63, 3.8) is 0 Å². The van der Waals surface area contributed by atoms with Gasteiger partial charge in [0, 0.05) is 160 Å². The van der Waals surface area contributed by atoms with Crippen LogP contribution in [0.15, 0.2) is 328 Å². The summed E-state index contributed by atoms with van der Waals surface area (Å²) in [6, 6.07) is 99.3. The minimum Gasteiger partial charge on any atom is -0.485 e. The number of para-hydroxylation sites is 10. The van der Waals surface area contributed by atoms with Gasteiger partial charge in [-0.05, 0) is 125 Å². The van der Waals surface area contributed by atoms with Crippen LogP contribution in [0, 0.1) is 61.8 Å². The zero-order valence-electron chi connectivity index (χ0n) is 76.9. The molecular weight excluding hydrogens is 2390 g/mol. The van der Waals surface area contributed by atoms with Crippen LogP contribution < -0.4 is 48.7 Å². The van der Waals surface area contributed by atoms with Crippen LogP contribution in [0.5, 0.6) is 11.5 Å². The number of ether oxygens (including phenoxy) is 2. The second-order valence-corrected chi connectivity index (χ2v) is 37.5. The Morgan fingerprint density at radius 3 is 0.985 bits per heavy atom. The number of hydrogen-bond donors (Lipinski definition) is 0. The largest absolute Gasteiger partial charge is 0.485 e. The van der Waals surface area contributed by atoms with Crippen LogP contribution >= 0.6 is 0 Å². The van der Waals surface area contributed by atoms with E-state index in [1.54, 1.807) is 0 Å². The molecule has 4 radical (unpaired) electrons. The molecule has 10 aromatic carbocycles. The standard InChI is InChI=1S/2C32H26N4O.C27H30N4.C23H22N4.4Ir/c2*1-32(2,26-18-11-17-25-24-16-9-10-19-27(24)37-29(25)26)28-20-33-30-31(34-28)36(23-14-7-4-8-15-23)21-35(30)22-12-5-3-6-13-22;1-26(2)16-11-17-27(3,4)23(26)22-18-28-24-25(29-22)31(21-14-9-6-10-15-21)19-30(24)20-12-7-5-8-13-20;1-4-10-18(11-5-1)21-16-24-22-23(25-21)27(20-14-8-3-9-15-20)17-26(22)19-12-6-2-7-13-19;;;;/h2*3-14,16-21,24,27H,1-2H3;5-10,12-14,18-19,23H,11,16-17H2,1-4H3;2-3,6-9,12-14,16-18H,1,4-5,10-11H2;;;;/q4*-2;;;;. The van der Waals surface area contributed by atoms with Crippen LogP contribution in [-0.4, -0.2) is 52.1 Å². The van der Waals surface area contributed by atoms with Gasteiger partial charge in [-0.25, -0.2) is 39.9 Å². The fourth-order valence-corrected chi connectivity index (χ4v) is 20.6. The summed E-state index contributed by atoms with van der Waals surface area (Å²) >= 11 is 0. The second-order valence-electron chi connectivity index (χ2n) is 37.5. The third kappa shape index (κ3) is 18.6. The number of allylic oxidation sites excluding steroid dienone is 4. The van der Waals surface area contributed by atoms with Crippen LogP contribution in [0.4, 0.5) is 92.0 Å². The number of aromatic nitrogens is 8. The molecule has 2 fully saturated rings. The van der Waals surface area contributed by atoms with E-state index in [-0.39, 0.29) is 115 Å². The summed E-state index contributed by atoms with van der Waals surface area (Å²) in [6.07, 6.45) is 35.0. The van der Waals surface area contributed by atoms with E-state index in [1.807, 2.05) is 184 Å². The predicted octanol–water partition coefficient (Wildman–Crippen LogP) is 26.7. The summed E-state index contributed by atoms with van der Waals surface area (Å²) in [5, 5.41) is 0. The van der Waals surface area contributed by atoms with Crippen LogP contribution in [0.2, 0.25) is 0 Å². The Morgan fingerprint density at radius 1 is 0.324 bits per heavy atom. The molecule has 4 unspecified atom stereocenters. The molecule has 696 valence electrons. The summed E-state index contributed by atoms with van der Waals surface area (Å²) in [6.45, 7) is 26.6. The molecule has 14 aromatic rings. The van der Waals surface area contributed by atoms with Crippen molar-refractivity contribution in [2.24, 2.45) is 10.8 Å². The average Bonchev–Trinajstić information content (AvgIpc) is 1.61. The van der Waals surface area contributed by atoms with Crippen LogP contribution in [0.1, 0.15) is 175 Å². The Hall–Kier alpha value is -11.9. The van der Waals surface area contributed by atoms with Gasteiger partial charge in [-0.1, -0.05) is 199 Å². The first-order chi connectivity index (χ1) is 64.5. The molecular formula is C114H104Ir4N16O2-8. The van der Waals surface area contributed by atoms with Crippen molar-refractivity contribution in [3.8, 4) is 11.5 Å². The molecule has 0 bridgehead atoms. The number of benzene rings is 10. The molecule has 10 heterocycles. The van der Waals surface area contributed by atoms with Gasteiger partial charge in [-0.15, -0.1) is 49.4 Å². The topological polar surface area (TPSA) is 148 Å². The number of anilines is 16. The van der Waals surface area contributed by atoms with Gasteiger partial charge in [-0.3, -0.25) is 0 Å². The van der Waals surface area contributed by atoms with Gasteiger partial charge in [0.1, 0.15) is 70.2 Å². The Bertz CT molecular complexity index is 6370. The number of rotatable bonds is 14. The molecule has 6 aliphatic heterocycles. The first-order valence-electron chi connectivity index (χ1n) is 46.1. The van der Waals surface area contributed by atoms with Gasteiger partial charge in [0.15, 0.2) is 0 Å². The molecule has 22 heteroatoms. The maximum atomic E-state index is 6.49. The van der Waals surface area contributed by atoms with E-state index in [0.29, 0.717) is 11.8 Å². The Labute approximate surface area is 853 Å². The summed E-state index contributed by atoms with van der Waals surface area (Å²) in [5.41, 5.74) is 16.2. The van der Waals surface area contributed by atoms with Crippen LogP contribution in [0.25, 0.3) is 0 Å². The zero-order valence-corrected chi connectivity index (χ0v) is 86.5. The molecule has 18 nitrogen and oxygen atoms in total. The molecule has 4 aliphatic carbocycles. The van der Waals surface area contributed by atoms with E-state index in [4.69, 9.17) is 49.3 Å². The van der Waals surface area contributed by atoms with E-state index in [9.17, 15) is 0 Å². The maximum absolute atomic E-state index is 6.49. The van der Waals surface area contributed by atoms with Gasteiger partial charge in [0.25, 0.3) is 0 Å². The molecule has 4 aromatic heterocycles. The molecule has 136 heavy (non-hydrogen) atoms. The Kier molecular flexibility index (Phi) is 28.7. The third-order valence-electron chi connectivity index (χ3n) is 27.3. The van der Waals surface area contributed by atoms with Crippen molar-refractivity contribution in [1.82, 2.24) is 39.9 Å². The minimum atomic E-state index is -0.430. The monoisotopic (exact) mass is 2500 g/mol. The zero-order chi connectivity index (χ0) is 89.7. The van der Waals surface area contributed by atoms with Gasteiger partial charge in [0.05, 0.1) is 47.6 Å². The fourth-order valence-electron chi connectivity index (χ4n) is 20.6. The molecule has 2 saturated carbocycles. The number of nitrogens with zero attached hydrogens (tertiary/aromatic N) is 16. The van der Waals surface area contributed by atoms with E-state index < -0.39 is 10.8 Å². The Balaban J connectivity index is 0.000000126. The number of fused-ring (bicyclic) bond motifs is 10. The molecule has 0 saturated heterocycles. The maximum Gasteiger partial charge on any atom is 0.145 e. The first kappa shape index (κ1) is 95.8. The molecule has 10 aliphatic rings. The predicted molar refractivity (Wildman–Crippen MR) is 527 cm³/mol. The smallest absolute Gasteiger partial charge is 0.145 e. The third-order valence-corrected chi connectivity index (χ3v) is 27.3. The van der Waals surface area contributed by atoms with E-state index in [0.717, 1.165) is 137 Å². The SMILES string of the molecule is CC(C)(c1cnc2c(n1)N(c1[c-]cccc1)[CH-]N2c1ccccc1)c1cccc2c1OC1C=CC=CC21.CC(C)(c1cnc2c(n1)N(c1[c-]cccc1)[CH-]N2c1ccccc1)c1cccc2c1OC1C=CC=CC21.CC1(C)CCCC(C)(C)C1c1cnc2c(n1)N(c1[c-]cccc1)[CH-]N2c1ccccc1.[Ir].[Ir].[Ir].[Ir].[c-]1ccccc1N1[CH-]N(c2ccccc2)c2ncc(C3CCCCC3)nc21. The van der Waals surface area contributed by atoms with Gasteiger partial charge < -0.3 is 48.7 Å². The Morgan fingerprint density at radius 2 is 0.640 bits per heavy atom. The van der Waals surface area contributed by atoms with Crippen LogP contribution in [-0.2, 0) is 91.3 Å².